The minimum absolute atomic E-state index is 0.00670. The Kier molecular flexibility index (Phi) is 6.23. The lowest BCUT2D eigenvalue weighted by molar-refractivity contribution is -0.121. The summed E-state index contributed by atoms with van der Waals surface area (Å²) in [5.41, 5.74) is 3.43. The third-order valence-corrected chi connectivity index (χ3v) is 6.13. The Morgan fingerprint density at radius 3 is 2.52 bits per heavy atom. The highest BCUT2D eigenvalue weighted by molar-refractivity contribution is 7.89. The molecule has 0 radical (unpaired) electrons. The number of carbonyl (C=O) groups is 2. The Labute approximate surface area is 173 Å². The van der Waals surface area contributed by atoms with E-state index in [4.69, 9.17) is 16.3 Å². The average molecular weight is 438 g/mol. The Balaban J connectivity index is 1.72. The summed E-state index contributed by atoms with van der Waals surface area (Å²) < 4.78 is 30.2. The highest BCUT2D eigenvalue weighted by Gasteiger charge is 2.40. The molecular weight excluding hydrogens is 418 g/mol. The number of nitrogens with zero attached hydrogens (tertiary/aromatic N) is 1. The van der Waals surface area contributed by atoms with E-state index in [2.05, 4.69) is 10.3 Å². The first-order valence-corrected chi connectivity index (χ1v) is 10.7. The van der Waals surface area contributed by atoms with Crippen LogP contribution in [0.3, 0.4) is 0 Å². The standard InChI is InChI=1S/C19H20ClN3O5S/c1-3-28-13-7-9-14(10-8-13)29(26,27)22-21-16-11-18(24)23(19(16)25)17-6-4-5-15(20)12(17)2/h4-10,16,21-22H,3,11H2,1-2H3. The van der Waals surface area contributed by atoms with Gasteiger partial charge in [-0.2, -0.15) is 0 Å². The van der Waals surface area contributed by atoms with E-state index in [1.807, 2.05) is 6.92 Å². The van der Waals surface area contributed by atoms with Crippen LogP contribution in [-0.2, 0) is 19.6 Å². The largest absolute Gasteiger partial charge is 0.494 e. The van der Waals surface area contributed by atoms with E-state index in [0.717, 1.165) is 4.90 Å². The summed E-state index contributed by atoms with van der Waals surface area (Å²) in [6, 6.07) is 9.73. The molecule has 1 saturated heterocycles. The van der Waals surface area contributed by atoms with Gasteiger partial charge in [-0.25, -0.2) is 18.7 Å². The molecular formula is C19H20ClN3O5S. The molecule has 3 rings (SSSR count). The van der Waals surface area contributed by atoms with E-state index >= 15 is 0 Å². The predicted octanol–water partition coefficient (Wildman–Crippen LogP) is 2.16. The lowest BCUT2D eigenvalue weighted by atomic mass is 10.2. The number of ether oxygens (including phenoxy) is 1. The number of amides is 2. The minimum atomic E-state index is -3.94. The van der Waals surface area contributed by atoms with Gasteiger partial charge in [0.05, 0.1) is 23.6 Å². The summed E-state index contributed by atoms with van der Waals surface area (Å²) in [7, 11) is -3.94. The normalized spacial score (nSPS) is 17.1. The van der Waals surface area contributed by atoms with Crippen molar-refractivity contribution in [1.82, 2.24) is 10.3 Å². The molecule has 1 heterocycles. The van der Waals surface area contributed by atoms with Gasteiger partial charge in [0.2, 0.25) is 5.91 Å². The van der Waals surface area contributed by atoms with Crippen LogP contribution in [0.5, 0.6) is 5.75 Å². The molecule has 1 unspecified atom stereocenters. The van der Waals surface area contributed by atoms with Crippen LogP contribution < -0.4 is 19.9 Å². The van der Waals surface area contributed by atoms with Crippen molar-refractivity contribution < 1.29 is 22.7 Å². The summed E-state index contributed by atoms with van der Waals surface area (Å²) in [4.78, 5) is 28.3. The summed E-state index contributed by atoms with van der Waals surface area (Å²) in [6.07, 6.45) is -0.184. The van der Waals surface area contributed by atoms with Gasteiger partial charge >= 0.3 is 0 Å². The third kappa shape index (κ3) is 4.43. The molecule has 0 aromatic heterocycles. The number of hydrogen-bond donors (Lipinski definition) is 2. The van der Waals surface area contributed by atoms with Crippen molar-refractivity contribution in [2.45, 2.75) is 31.2 Å². The predicted molar refractivity (Wildman–Crippen MR) is 108 cm³/mol. The molecule has 29 heavy (non-hydrogen) atoms. The molecule has 8 nitrogen and oxygen atoms in total. The van der Waals surface area contributed by atoms with Gasteiger partial charge in [0.1, 0.15) is 11.8 Å². The molecule has 2 N–H and O–H groups in total. The van der Waals surface area contributed by atoms with Crippen LogP contribution in [-0.4, -0.2) is 32.9 Å². The van der Waals surface area contributed by atoms with Crippen LogP contribution in [0.4, 0.5) is 5.69 Å². The second kappa shape index (κ2) is 8.50. The van der Waals surface area contributed by atoms with E-state index in [1.54, 1.807) is 25.1 Å². The zero-order valence-electron chi connectivity index (χ0n) is 15.8. The molecule has 2 amide bonds. The van der Waals surface area contributed by atoms with E-state index in [0.29, 0.717) is 28.6 Å². The zero-order chi connectivity index (χ0) is 21.2. The zero-order valence-corrected chi connectivity index (χ0v) is 17.4. The molecule has 1 fully saturated rings. The maximum atomic E-state index is 12.7. The van der Waals surface area contributed by atoms with Crippen LogP contribution in [0.2, 0.25) is 5.02 Å². The Hall–Kier alpha value is -2.46. The minimum Gasteiger partial charge on any atom is -0.494 e. The molecule has 154 valence electrons. The van der Waals surface area contributed by atoms with E-state index in [9.17, 15) is 18.0 Å². The first-order chi connectivity index (χ1) is 13.7. The molecule has 1 aliphatic heterocycles. The molecule has 1 aliphatic rings. The van der Waals surface area contributed by atoms with E-state index in [1.165, 1.54) is 24.3 Å². The van der Waals surface area contributed by atoms with Gasteiger partial charge in [0.25, 0.3) is 15.9 Å². The van der Waals surface area contributed by atoms with Crippen molar-refractivity contribution in [2.24, 2.45) is 0 Å². The number of carbonyl (C=O) groups excluding carboxylic acids is 2. The van der Waals surface area contributed by atoms with Crippen LogP contribution in [0, 0.1) is 6.92 Å². The first kappa shape index (κ1) is 21.3. The highest BCUT2D eigenvalue weighted by atomic mass is 35.5. The van der Waals surface area contributed by atoms with Gasteiger partial charge in [-0.15, -0.1) is 4.83 Å². The Morgan fingerprint density at radius 2 is 1.86 bits per heavy atom. The molecule has 10 heteroatoms. The fraction of sp³-hybridized carbons (Fsp3) is 0.263. The summed E-state index contributed by atoms with van der Waals surface area (Å²) in [5.74, 6) is -0.462. The van der Waals surface area contributed by atoms with Gasteiger partial charge in [-0.3, -0.25) is 9.59 Å². The molecule has 0 aliphatic carbocycles. The summed E-state index contributed by atoms with van der Waals surface area (Å²) in [6.45, 7) is 3.99. The van der Waals surface area contributed by atoms with Gasteiger partial charge in [0.15, 0.2) is 0 Å². The Morgan fingerprint density at radius 1 is 1.17 bits per heavy atom. The van der Waals surface area contributed by atoms with Crippen LogP contribution in [0.25, 0.3) is 0 Å². The second-order valence-electron chi connectivity index (χ2n) is 6.36. The number of benzene rings is 2. The van der Waals surface area contributed by atoms with Gasteiger partial charge < -0.3 is 4.74 Å². The van der Waals surface area contributed by atoms with Crippen molar-refractivity contribution in [1.29, 1.82) is 0 Å². The Bertz CT molecular complexity index is 1040. The smallest absolute Gasteiger partial charge is 0.253 e. The molecule has 1 atom stereocenters. The SMILES string of the molecule is CCOc1ccc(S(=O)(=O)NNC2CC(=O)N(c3cccc(Cl)c3C)C2=O)cc1. The van der Waals surface area contributed by atoms with Crippen molar-refractivity contribution in [2.75, 3.05) is 11.5 Å². The van der Waals surface area contributed by atoms with Crippen molar-refractivity contribution in [3.05, 3.63) is 53.1 Å². The van der Waals surface area contributed by atoms with Crippen LogP contribution in [0.1, 0.15) is 18.9 Å². The first-order valence-electron chi connectivity index (χ1n) is 8.86. The van der Waals surface area contributed by atoms with Crippen molar-refractivity contribution in [3.8, 4) is 5.75 Å². The van der Waals surface area contributed by atoms with Crippen LogP contribution >= 0.6 is 11.6 Å². The highest BCUT2D eigenvalue weighted by Crippen LogP contribution is 2.30. The number of hydrazine groups is 1. The average Bonchev–Trinajstić information content (AvgIpc) is 2.97. The topological polar surface area (TPSA) is 105 Å². The fourth-order valence-electron chi connectivity index (χ4n) is 2.93. The monoisotopic (exact) mass is 437 g/mol. The molecule has 2 aromatic rings. The van der Waals surface area contributed by atoms with Gasteiger partial charge in [0, 0.05) is 5.02 Å². The van der Waals surface area contributed by atoms with E-state index in [-0.39, 0.29) is 11.3 Å². The summed E-state index contributed by atoms with van der Waals surface area (Å²) >= 11 is 6.08. The number of sulfonamides is 1. The second-order valence-corrected chi connectivity index (χ2v) is 8.45. The number of anilines is 1. The fourth-order valence-corrected chi connectivity index (χ4v) is 4.00. The lowest BCUT2D eigenvalue weighted by Crippen LogP contribution is -2.48. The van der Waals surface area contributed by atoms with Crippen molar-refractivity contribution >= 4 is 39.1 Å². The number of nitrogens with one attached hydrogen (secondary N) is 2. The van der Waals surface area contributed by atoms with Crippen molar-refractivity contribution in [3.63, 3.8) is 0 Å². The maximum absolute atomic E-state index is 12.7. The number of halogens is 1. The number of imide groups is 1. The molecule has 0 bridgehead atoms. The number of hydrogen-bond acceptors (Lipinski definition) is 6. The molecule has 2 aromatic carbocycles. The van der Waals surface area contributed by atoms with E-state index < -0.39 is 27.9 Å². The van der Waals surface area contributed by atoms with Gasteiger partial charge in [-0.1, -0.05) is 17.7 Å². The number of rotatable bonds is 7. The molecule has 0 saturated carbocycles. The van der Waals surface area contributed by atoms with Crippen LogP contribution in [0.15, 0.2) is 47.4 Å². The quantitative estimate of drug-likeness (QED) is 0.508. The lowest BCUT2D eigenvalue weighted by Gasteiger charge is -2.18. The third-order valence-electron chi connectivity index (χ3n) is 4.44. The maximum Gasteiger partial charge on any atom is 0.253 e. The summed E-state index contributed by atoms with van der Waals surface area (Å²) in [5, 5.41) is 0.427. The van der Waals surface area contributed by atoms with Gasteiger partial charge in [-0.05, 0) is 55.8 Å². The molecule has 0 spiro atoms.